The molecule has 6 heteroatoms. The predicted molar refractivity (Wildman–Crippen MR) is 298 cm³/mol. The van der Waals surface area contributed by atoms with Crippen molar-refractivity contribution in [3.05, 3.63) is 48.6 Å². The van der Waals surface area contributed by atoms with E-state index in [4.69, 9.17) is 14.2 Å². The lowest BCUT2D eigenvalue weighted by Gasteiger charge is -2.18. The second kappa shape index (κ2) is 57.9. The Labute approximate surface area is 428 Å². The second-order valence-corrected chi connectivity index (χ2v) is 20.2. The summed E-state index contributed by atoms with van der Waals surface area (Å²) in [5.41, 5.74) is 0. The number of carbonyl (C=O) groups excluding carboxylic acids is 3. The maximum Gasteiger partial charge on any atom is 0.306 e. The van der Waals surface area contributed by atoms with Crippen LogP contribution < -0.4 is 0 Å². The van der Waals surface area contributed by atoms with Gasteiger partial charge in [-0.2, -0.15) is 0 Å². The molecule has 0 aromatic heterocycles. The van der Waals surface area contributed by atoms with Crippen LogP contribution in [0, 0.1) is 0 Å². The zero-order valence-corrected chi connectivity index (χ0v) is 46.1. The maximum absolute atomic E-state index is 12.9. The summed E-state index contributed by atoms with van der Waals surface area (Å²) in [6, 6.07) is 0. The monoisotopic (exact) mass is 967 g/mol. The van der Waals surface area contributed by atoms with Crippen LogP contribution in [0.25, 0.3) is 0 Å². The summed E-state index contributed by atoms with van der Waals surface area (Å²) in [4.78, 5) is 38.2. The van der Waals surface area contributed by atoms with Gasteiger partial charge < -0.3 is 14.2 Å². The zero-order chi connectivity index (χ0) is 50.0. The van der Waals surface area contributed by atoms with Crippen molar-refractivity contribution >= 4 is 17.9 Å². The predicted octanol–water partition coefficient (Wildman–Crippen LogP) is 20.2. The molecule has 0 saturated carbocycles. The molecule has 0 radical (unpaired) electrons. The van der Waals surface area contributed by atoms with Gasteiger partial charge in [0.2, 0.25) is 0 Å². The standard InChI is InChI=1S/C63H114O6/c1-4-7-10-13-16-19-22-25-27-29-30-31-32-34-35-38-41-44-47-50-53-56-62(65)68-59-60(58-67-61(64)55-52-49-46-43-40-37-24-21-18-15-12-9-6-3)69-63(66)57-54-51-48-45-42-39-36-33-28-26-23-20-17-14-11-8-5-2/h8,11,17,20,26,28,36,39,60H,4-7,9-10,12-16,18-19,21-25,27,29-35,37-38,40-59H2,1-3H3/b11-8-,20-17-,28-26-,39-36-/t60-/m0/s1. The van der Waals surface area contributed by atoms with Gasteiger partial charge in [0.05, 0.1) is 0 Å². The van der Waals surface area contributed by atoms with Crippen molar-refractivity contribution < 1.29 is 28.6 Å². The van der Waals surface area contributed by atoms with Crippen molar-refractivity contribution in [2.45, 2.75) is 322 Å². The number of esters is 3. The van der Waals surface area contributed by atoms with Crippen LogP contribution in [0.2, 0.25) is 0 Å². The van der Waals surface area contributed by atoms with Crippen LogP contribution >= 0.6 is 0 Å². The van der Waals surface area contributed by atoms with Crippen LogP contribution in [0.5, 0.6) is 0 Å². The lowest BCUT2D eigenvalue weighted by atomic mass is 10.0. The van der Waals surface area contributed by atoms with Crippen molar-refractivity contribution in [1.82, 2.24) is 0 Å². The van der Waals surface area contributed by atoms with E-state index in [-0.39, 0.29) is 31.1 Å². The first-order chi connectivity index (χ1) is 34.0. The summed E-state index contributed by atoms with van der Waals surface area (Å²) in [7, 11) is 0. The Hall–Kier alpha value is -2.63. The highest BCUT2D eigenvalue weighted by atomic mass is 16.6. The summed E-state index contributed by atoms with van der Waals surface area (Å²) >= 11 is 0. The van der Waals surface area contributed by atoms with Gasteiger partial charge in [-0.1, -0.05) is 288 Å². The van der Waals surface area contributed by atoms with E-state index in [1.165, 1.54) is 180 Å². The molecule has 0 saturated heterocycles. The molecule has 0 aliphatic heterocycles. The summed E-state index contributed by atoms with van der Waals surface area (Å²) in [5.74, 6) is -0.884. The molecule has 0 fully saturated rings. The Morgan fingerprint density at radius 2 is 0.565 bits per heavy atom. The lowest BCUT2D eigenvalue weighted by molar-refractivity contribution is -0.167. The average molecular weight is 968 g/mol. The van der Waals surface area contributed by atoms with E-state index in [0.29, 0.717) is 19.3 Å². The second-order valence-electron chi connectivity index (χ2n) is 20.2. The van der Waals surface area contributed by atoms with Crippen molar-refractivity contribution in [2.75, 3.05) is 13.2 Å². The van der Waals surface area contributed by atoms with Gasteiger partial charge >= 0.3 is 17.9 Å². The first-order valence-corrected chi connectivity index (χ1v) is 30.1. The van der Waals surface area contributed by atoms with Gasteiger partial charge in [0, 0.05) is 19.3 Å². The molecule has 0 N–H and O–H groups in total. The van der Waals surface area contributed by atoms with Gasteiger partial charge in [0.1, 0.15) is 13.2 Å². The van der Waals surface area contributed by atoms with Gasteiger partial charge in [-0.05, 0) is 57.8 Å². The molecule has 0 aliphatic carbocycles. The van der Waals surface area contributed by atoms with E-state index in [1.807, 2.05) is 0 Å². The SMILES string of the molecule is CC/C=C\C/C=C\C/C=C\C/C=C\CCCCCCC(=O)O[C@@H](COC(=O)CCCCCCCCCCCCCCC)COC(=O)CCCCCCCCCCCCCCCCCCCCCCC. The number of allylic oxidation sites excluding steroid dienone is 8. The first kappa shape index (κ1) is 66.4. The number of rotatable bonds is 55. The average Bonchev–Trinajstić information content (AvgIpc) is 3.35. The first-order valence-electron chi connectivity index (χ1n) is 30.1. The molecule has 402 valence electrons. The zero-order valence-electron chi connectivity index (χ0n) is 46.1. The Morgan fingerprint density at radius 1 is 0.304 bits per heavy atom. The van der Waals surface area contributed by atoms with Crippen molar-refractivity contribution in [1.29, 1.82) is 0 Å². The van der Waals surface area contributed by atoms with Crippen LogP contribution in [0.1, 0.15) is 316 Å². The van der Waals surface area contributed by atoms with Gasteiger partial charge in [-0.25, -0.2) is 0 Å². The van der Waals surface area contributed by atoms with E-state index in [9.17, 15) is 14.4 Å². The third-order valence-electron chi connectivity index (χ3n) is 13.3. The molecule has 6 nitrogen and oxygen atoms in total. The van der Waals surface area contributed by atoms with E-state index in [1.54, 1.807) is 0 Å². The highest BCUT2D eigenvalue weighted by Crippen LogP contribution is 2.17. The molecule has 0 aliphatic rings. The third kappa shape index (κ3) is 56.2. The molecule has 0 amide bonds. The molecular formula is C63H114O6. The third-order valence-corrected chi connectivity index (χ3v) is 13.3. The minimum atomic E-state index is -0.782. The smallest absolute Gasteiger partial charge is 0.306 e. The fraction of sp³-hybridized carbons (Fsp3) is 0.825. The maximum atomic E-state index is 12.9. The summed E-state index contributed by atoms with van der Waals surface area (Å²) < 4.78 is 16.9. The normalized spacial score (nSPS) is 12.3. The fourth-order valence-corrected chi connectivity index (χ4v) is 8.85. The van der Waals surface area contributed by atoms with Crippen LogP contribution in [-0.4, -0.2) is 37.2 Å². The fourth-order valence-electron chi connectivity index (χ4n) is 8.85. The quantitative estimate of drug-likeness (QED) is 0.0262. The largest absolute Gasteiger partial charge is 0.462 e. The molecule has 0 bridgehead atoms. The van der Waals surface area contributed by atoms with Crippen molar-refractivity contribution in [3.63, 3.8) is 0 Å². The Morgan fingerprint density at radius 3 is 0.884 bits per heavy atom. The lowest BCUT2D eigenvalue weighted by Crippen LogP contribution is -2.30. The van der Waals surface area contributed by atoms with Crippen LogP contribution in [-0.2, 0) is 28.6 Å². The van der Waals surface area contributed by atoms with Gasteiger partial charge in [0.15, 0.2) is 6.10 Å². The van der Waals surface area contributed by atoms with E-state index in [0.717, 1.165) is 96.3 Å². The molecule has 1 atom stereocenters. The molecule has 0 unspecified atom stereocenters. The van der Waals surface area contributed by atoms with Gasteiger partial charge in [-0.3, -0.25) is 14.4 Å². The number of hydrogen-bond acceptors (Lipinski definition) is 6. The van der Waals surface area contributed by atoms with E-state index < -0.39 is 6.10 Å². The Balaban J connectivity index is 4.32. The number of hydrogen-bond donors (Lipinski definition) is 0. The minimum absolute atomic E-state index is 0.0787. The molecule has 0 heterocycles. The van der Waals surface area contributed by atoms with E-state index >= 15 is 0 Å². The molecule has 0 aromatic rings. The molecular weight excluding hydrogens is 853 g/mol. The van der Waals surface area contributed by atoms with Crippen LogP contribution in [0.3, 0.4) is 0 Å². The van der Waals surface area contributed by atoms with Crippen LogP contribution in [0.15, 0.2) is 48.6 Å². The van der Waals surface area contributed by atoms with Crippen LogP contribution in [0.4, 0.5) is 0 Å². The number of ether oxygens (including phenoxy) is 3. The number of unbranched alkanes of at least 4 members (excludes halogenated alkanes) is 36. The molecule has 0 spiro atoms. The van der Waals surface area contributed by atoms with E-state index in [2.05, 4.69) is 69.4 Å². The Bertz CT molecular complexity index is 1200. The van der Waals surface area contributed by atoms with Crippen molar-refractivity contribution in [2.24, 2.45) is 0 Å². The van der Waals surface area contributed by atoms with Crippen molar-refractivity contribution in [3.8, 4) is 0 Å². The highest BCUT2D eigenvalue weighted by molar-refractivity contribution is 5.71. The molecule has 0 aromatic carbocycles. The number of carbonyl (C=O) groups is 3. The van der Waals surface area contributed by atoms with Gasteiger partial charge in [-0.15, -0.1) is 0 Å². The molecule has 0 rings (SSSR count). The minimum Gasteiger partial charge on any atom is -0.462 e. The summed E-state index contributed by atoms with van der Waals surface area (Å²) in [6.07, 6.45) is 71.1. The summed E-state index contributed by atoms with van der Waals surface area (Å²) in [6.45, 7) is 6.55. The summed E-state index contributed by atoms with van der Waals surface area (Å²) in [5, 5.41) is 0. The Kier molecular flexibility index (Phi) is 55.7. The highest BCUT2D eigenvalue weighted by Gasteiger charge is 2.19. The molecule has 69 heavy (non-hydrogen) atoms. The topological polar surface area (TPSA) is 78.9 Å². The van der Waals surface area contributed by atoms with Gasteiger partial charge in [0.25, 0.3) is 0 Å².